The van der Waals surface area contributed by atoms with Gasteiger partial charge in [0.25, 0.3) is 5.91 Å². The minimum Gasteiger partial charge on any atom is -0.392 e. The Morgan fingerprint density at radius 3 is 2.56 bits per heavy atom. The van der Waals surface area contributed by atoms with Crippen LogP contribution in [0.4, 0.5) is 5.69 Å². The highest BCUT2D eigenvalue weighted by molar-refractivity contribution is 6.34. The number of anilines is 1. The molecule has 0 spiro atoms. The summed E-state index contributed by atoms with van der Waals surface area (Å²) >= 11 is 6.26. The number of nitrogens with zero attached hydrogens (tertiary/aromatic N) is 1. The topological polar surface area (TPSA) is 81.7 Å². The highest BCUT2D eigenvalue weighted by atomic mass is 35.5. The molecule has 2 amide bonds. The van der Waals surface area contributed by atoms with Crippen LogP contribution in [0.3, 0.4) is 0 Å². The highest BCUT2D eigenvalue weighted by Gasteiger charge is 2.28. The molecule has 138 valence electrons. The summed E-state index contributed by atoms with van der Waals surface area (Å²) in [7, 11) is 0. The number of aliphatic hydroxyl groups excluding tert-OH is 1. The zero-order chi connectivity index (χ0) is 17.1. The number of hydrogen-bond donors (Lipinski definition) is 3. The normalized spacial score (nSPS) is 23.0. The number of carbonyl (C=O) groups is 2. The number of piperidine rings is 1. The number of likely N-dealkylation sites (tertiary alicyclic amines) is 1. The second kappa shape index (κ2) is 8.85. The number of amides is 2. The van der Waals surface area contributed by atoms with E-state index in [4.69, 9.17) is 11.6 Å². The molecule has 1 aromatic carbocycles. The Bertz CT molecular complexity index is 636. The summed E-state index contributed by atoms with van der Waals surface area (Å²) in [4.78, 5) is 26.5. The first-order valence-corrected chi connectivity index (χ1v) is 8.73. The summed E-state index contributed by atoms with van der Waals surface area (Å²) in [5.41, 5.74) is 1.01. The van der Waals surface area contributed by atoms with Crippen LogP contribution in [0, 0.1) is 0 Å². The molecule has 0 aliphatic carbocycles. The number of halogens is 2. The van der Waals surface area contributed by atoms with Crippen molar-refractivity contribution >= 4 is 41.5 Å². The fourth-order valence-electron chi connectivity index (χ4n) is 3.18. The van der Waals surface area contributed by atoms with Gasteiger partial charge in [-0.2, -0.15) is 0 Å². The average molecular weight is 388 g/mol. The minimum atomic E-state index is -0.492. The Balaban J connectivity index is 0.00000225. The van der Waals surface area contributed by atoms with Crippen LogP contribution < -0.4 is 10.6 Å². The van der Waals surface area contributed by atoms with Gasteiger partial charge in [-0.25, -0.2) is 0 Å². The third-order valence-corrected chi connectivity index (χ3v) is 4.85. The van der Waals surface area contributed by atoms with Gasteiger partial charge in [-0.1, -0.05) is 11.6 Å². The van der Waals surface area contributed by atoms with Crippen LogP contribution in [0.15, 0.2) is 18.2 Å². The standard InChI is InChI=1S/C17H22ClN3O3.ClH/c18-14-8-11(20-16(23)15-9-12(22)10-19-15)4-5-13(14)17(24)21-6-2-1-3-7-21;/h4-5,8,12,15,19,22H,1-3,6-7,9-10H2,(H,20,23);1H. The third kappa shape index (κ3) is 4.85. The maximum absolute atomic E-state index is 12.5. The van der Waals surface area contributed by atoms with Gasteiger partial charge in [0.15, 0.2) is 0 Å². The van der Waals surface area contributed by atoms with Gasteiger partial charge in [-0.15, -0.1) is 12.4 Å². The Morgan fingerprint density at radius 1 is 1.24 bits per heavy atom. The maximum atomic E-state index is 12.5. The number of β-amino-alcohol motifs (C(OH)–C–C–N with tert-alkyl or cyclic N) is 1. The Kier molecular flexibility index (Phi) is 7.07. The summed E-state index contributed by atoms with van der Waals surface area (Å²) in [6.07, 6.45) is 3.11. The van der Waals surface area contributed by atoms with Crippen molar-refractivity contribution in [3.05, 3.63) is 28.8 Å². The molecule has 2 saturated heterocycles. The molecule has 0 aromatic heterocycles. The highest BCUT2D eigenvalue weighted by Crippen LogP contribution is 2.24. The summed E-state index contributed by atoms with van der Waals surface area (Å²) in [5, 5.41) is 15.5. The summed E-state index contributed by atoms with van der Waals surface area (Å²) in [6, 6.07) is 4.54. The number of hydrogen-bond acceptors (Lipinski definition) is 4. The zero-order valence-electron chi connectivity index (χ0n) is 13.8. The van der Waals surface area contributed by atoms with E-state index in [9.17, 15) is 14.7 Å². The molecule has 8 heteroatoms. The Labute approximate surface area is 158 Å². The predicted molar refractivity (Wildman–Crippen MR) is 99.5 cm³/mol. The fourth-order valence-corrected chi connectivity index (χ4v) is 3.44. The van der Waals surface area contributed by atoms with Gasteiger partial charge in [0.2, 0.25) is 5.91 Å². The van der Waals surface area contributed by atoms with E-state index in [-0.39, 0.29) is 24.2 Å². The summed E-state index contributed by atoms with van der Waals surface area (Å²) in [6.45, 7) is 1.95. The van der Waals surface area contributed by atoms with E-state index in [0.29, 0.717) is 29.2 Å². The van der Waals surface area contributed by atoms with Crippen molar-refractivity contribution in [3.8, 4) is 0 Å². The third-order valence-electron chi connectivity index (χ3n) is 4.53. The minimum absolute atomic E-state index is 0. The molecule has 3 N–H and O–H groups in total. The van der Waals surface area contributed by atoms with Crippen LogP contribution in [-0.2, 0) is 4.79 Å². The predicted octanol–water partition coefficient (Wildman–Crippen LogP) is 2.05. The lowest BCUT2D eigenvalue weighted by Gasteiger charge is -2.27. The molecule has 25 heavy (non-hydrogen) atoms. The van der Waals surface area contributed by atoms with Crippen LogP contribution in [0.25, 0.3) is 0 Å². The van der Waals surface area contributed by atoms with Crippen LogP contribution in [0.1, 0.15) is 36.0 Å². The lowest BCUT2D eigenvalue weighted by Crippen LogP contribution is -2.36. The van der Waals surface area contributed by atoms with Crippen molar-refractivity contribution in [2.45, 2.75) is 37.8 Å². The Hall–Kier alpha value is -1.34. The monoisotopic (exact) mass is 387 g/mol. The van der Waals surface area contributed by atoms with Gasteiger partial charge in [-0.05, 0) is 43.9 Å². The lowest BCUT2D eigenvalue weighted by atomic mass is 10.1. The fraction of sp³-hybridized carbons (Fsp3) is 0.529. The van der Waals surface area contributed by atoms with Crippen molar-refractivity contribution < 1.29 is 14.7 Å². The molecule has 1 aromatic rings. The number of rotatable bonds is 3. The molecule has 0 saturated carbocycles. The van der Waals surface area contributed by atoms with Crippen molar-refractivity contribution in [1.82, 2.24) is 10.2 Å². The van der Waals surface area contributed by atoms with Crippen molar-refractivity contribution in [2.24, 2.45) is 0 Å². The molecule has 6 nitrogen and oxygen atoms in total. The van der Waals surface area contributed by atoms with E-state index in [1.54, 1.807) is 18.2 Å². The van der Waals surface area contributed by atoms with Gasteiger partial charge < -0.3 is 20.6 Å². The van der Waals surface area contributed by atoms with E-state index in [1.807, 2.05) is 4.90 Å². The zero-order valence-corrected chi connectivity index (χ0v) is 15.4. The van der Waals surface area contributed by atoms with Crippen molar-refractivity contribution in [1.29, 1.82) is 0 Å². The first-order chi connectivity index (χ1) is 11.5. The summed E-state index contributed by atoms with van der Waals surface area (Å²) in [5.74, 6) is -0.268. The SMILES string of the molecule is Cl.O=C(Nc1ccc(C(=O)N2CCCCC2)c(Cl)c1)C1CC(O)CN1. The quantitative estimate of drug-likeness (QED) is 0.741. The molecule has 2 atom stereocenters. The Morgan fingerprint density at radius 2 is 1.96 bits per heavy atom. The molecule has 0 bridgehead atoms. The lowest BCUT2D eigenvalue weighted by molar-refractivity contribution is -0.117. The van der Waals surface area contributed by atoms with Crippen molar-refractivity contribution in [3.63, 3.8) is 0 Å². The first kappa shape index (κ1) is 20.0. The van der Waals surface area contributed by atoms with Gasteiger partial charge in [0.1, 0.15) is 0 Å². The van der Waals surface area contributed by atoms with Crippen LogP contribution >= 0.6 is 24.0 Å². The molecule has 2 unspecified atom stereocenters. The number of nitrogens with one attached hydrogen (secondary N) is 2. The second-order valence-electron chi connectivity index (χ2n) is 6.39. The molecular weight excluding hydrogens is 365 g/mol. The van der Waals surface area contributed by atoms with Crippen LogP contribution in [0.5, 0.6) is 0 Å². The van der Waals surface area contributed by atoms with E-state index in [2.05, 4.69) is 10.6 Å². The number of carbonyl (C=O) groups excluding carboxylic acids is 2. The van der Waals surface area contributed by atoms with E-state index >= 15 is 0 Å². The van der Waals surface area contributed by atoms with Gasteiger partial charge in [0, 0.05) is 25.3 Å². The number of benzene rings is 1. The molecule has 2 fully saturated rings. The largest absolute Gasteiger partial charge is 0.392 e. The maximum Gasteiger partial charge on any atom is 0.255 e. The van der Waals surface area contributed by atoms with Crippen LogP contribution in [-0.4, -0.2) is 53.6 Å². The molecule has 0 radical (unpaired) electrons. The average Bonchev–Trinajstić information content (AvgIpc) is 3.02. The second-order valence-corrected chi connectivity index (χ2v) is 6.79. The van der Waals surface area contributed by atoms with E-state index < -0.39 is 12.1 Å². The van der Waals surface area contributed by atoms with Crippen molar-refractivity contribution in [2.75, 3.05) is 25.0 Å². The van der Waals surface area contributed by atoms with E-state index in [1.165, 1.54) is 0 Å². The van der Waals surface area contributed by atoms with Gasteiger partial charge >= 0.3 is 0 Å². The van der Waals surface area contributed by atoms with Gasteiger partial charge in [-0.3, -0.25) is 9.59 Å². The molecule has 3 rings (SSSR count). The smallest absolute Gasteiger partial charge is 0.255 e. The van der Waals surface area contributed by atoms with Crippen LogP contribution in [0.2, 0.25) is 5.02 Å². The molecule has 2 heterocycles. The summed E-state index contributed by atoms with van der Waals surface area (Å²) < 4.78 is 0. The van der Waals surface area contributed by atoms with Gasteiger partial charge in [0.05, 0.1) is 22.7 Å². The van der Waals surface area contributed by atoms with E-state index in [0.717, 1.165) is 32.4 Å². The number of aliphatic hydroxyl groups is 1. The molecule has 2 aliphatic heterocycles. The molecule has 2 aliphatic rings. The first-order valence-electron chi connectivity index (χ1n) is 8.36. The molecular formula is C17H23Cl2N3O3.